The number of piperidine rings is 1. The number of rotatable bonds is 5. The molecule has 1 aliphatic carbocycles. The van der Waals surface area contributed by atoms with Crippen LogP contribution in [0.25, 0.3) is 0 Å². The third kappa shape index (κ3) is 7.65. The summed E-state index contributed by atoms with van der Waals surface area (Å²) in [6.07, 6.45) is -7.70. The van der Waals surface area contributed by atoms with Crippen LogP contribution in [-0.2, 0) is 17.1 Å². The van der Waals surface area contributed by atoms with Crippen LogP contribution in [0, 0.1) is 18.7 Å². The first-order valence-corrected chi connectivity index (χ1v) is 14.5. The summed E-state index contributed by atoms with van der Waals surface area (Å²) in [6, 6.07) is 2.55. The minimum absolute atomic E-state index is 0.0416. The van der Waals surface area contributed by atoms with Gasteiger partial charge < -0.3 is 20.2 Å². The van der Waals surface area contributed by atoms with Crippen molar-refractivity contribution in [2.45, 2.75) is 89.0 Å². The number of amides is 3. The number of carbonyl (C=O) groups excluding carboxylic acids is 2. The zero-order valence-corrected chi connectivity index (χ0v) is 24.6. The van der Waals surface area contributed by atoms with Crippen molar-refractivity contribution >= 4 is 11.9 Å². The lowest BCUT2D eigenvalue weighted by Gasteiger charge is -2.43. The van der Waals surface area contributed by atoms with Gasteiger partial charge in [-0.15, -0.1) is 0 Å². The van der Waals surface area contributed by atoms with Crippen LogP contribution in [0.3, 0.4) is 0 Å². The number of aryl methyl sites for hydroxylation is 1. The summed E-state index contributed by atoms with van der Waals surface area (Å²) < 4.78 is 94.9. The molecular weight excluding hydrogens is 595 g/mol. The minimum atomic E-state index is -5.03. The first-order chi connectivity index (χ1) is 20.5. The molecule has 1 aliphatic heterocycles. The monoisotopic (exact) mass is 631 g/mol. The van der Waals surface area contributed by atoms with E-state index in [1.54, 1.807) is 6.92 Å². The molecule has 1 saturated heterocycles. The quantitative estimate of drug-likeness (QED) is 0.344. The number of nitrogens with zero attached hydrogens (tertiary/aromatic N) is 2. The standard InChI is InChI=1S/C31H36F7N3O3/c1-17-12-23(32)6-9-26(17)27-16-24(39-28(43)19-4-7-25(42)8-5-19)10-11-41(27)29(44)40(3)18(2)20-13-21(30(33,34)35)15-22(14-20)31(36,37)38/h6,9,12-15,18-19,24-25,27,42H,4-5,7-8,10-11,16H2,1-3H3,(H,39,43)/t18?,19?,24-,25?,27+/m0/s1. The molecule has 3 atom stereocenters. The molecule has 13 heteroatoms. The van der Waals surface area contributed by atoms with Gasteiger partial charge in [-0.25, -0.2) is 9.18 Å². The fraction of sp³-hybridized carbons (Fsp3) is 0.548. The van der Waals surface area contributed by atoms with Crippen molar-refractivity contribution in [1.29, 1.82) is 0 Å². The highest BCUT2D eigenvalue weighted by molar-refractivity contribution is 5.79. The predicted molar refractivity (Wildman–Crippen MR) is 148 cm³/mol. The summed E-state index contributed by atoms with van der Waals surface area (Å²) in [7, 11) is 1.31. The molecule has 0 spiro atoms. The van der Waals surface area contributed by atoms with Gasteiger partial charge in [0.25, 0.3) is 0 Å². The van der Waals surface area contributed by atoms with Crippen molar-refractivity contribution in [3.63, 3.8) is 0 Å². The van der Waals surface area contributed by atoms with Crippen LogP contribution in [0.5, 0.6) is 0 Å². The number of hydrogen-bond donors (Lipinski definition) is 2. The Hall–Kier alpha value is -3.35. The Balaban J connectivity index is 1.59. The van der Waals surface area contributed by atoms with Crippen LogP contribution < -0.4 is 5.32 Å². The zero-order valence-electron chi connectivity index (χ0n) is 24.6. The largest absolute Gasteiger partial charge is 0.416 e. The molecule has 2 aromatic carbocycles. The Morgan fingerprint density at radius 2 is 1.55 bits per heavy atom. The van der Waals surface area contributed by atoms with Crippen LogP contribution >= 0.6 is 0 Å². The highest BCUT2D eigenvalue weighted by Gasteiger charge is 2.40. The molecule has 6 nitrogen and oxygen atoms in total. The highest BCUT2D eigenvalue weighted by Crippen LogP contribution is 2.40. The van der Waals surface area contributed by atoms with E-state index in [-0.39, 0.29) is 42.5 Å². The Morgan fingerprint density at radius 3 is 2.09 bits per heavy atom. The fourth-order valence-electron chi connectivity index (χ4n) is 6.10. The maximum atomic E-state index is 14.0. The molecule has 0 aromatic heterocycles. The lowest BCUT2D eigenvalue weighted by Crippen LogP contribution is -2.52. The molecule has 2 aliphatic rings. The average molecular weight is 632 g/mol. The third-order valence-corrected chi connectivity index (χ3v) is 8.83. The maximum Gasteiger partial charge on any atom is 0.416 e. The Kier molecular flexibility index (Phi) is 9.87. The van der Waals surface area contributed by atoms with Crippen molar-refractivity contribution < 1.29 is 45.4 Å². The smallest absolute Gasteiger partial charge is 0.393 e. The number of likely N-dealkylation sites (tertiary alicyclic amines) is 1. The molecule has 2 fully saturated rings. The van der Waals surface area contributed by atoms with Crippen molar-refractivity contribution in [3.8, 4) is 0 Å². The molecule has 44 heavy (non-hydrogen) atoms. The fourth-order valence-corrected chi connectivity index (χ4v) is 6.10. The van der Waals surface area contributed by atoms with E-state index in [2.05, 4.69) is 5.32 Å². The number of urea groups is 1. The van der Waals surface area contributed by atoms with E-state index in [1.165, 1.54) is 37.1 Å². The molecule has 0 radical (unpaired) electrons. The van der Waals surface area contributed by atoms with Gasteiger partial charge in [-0.05, 0) is 99.4 Å². The number of carbonyl (C=O) groups is 2. The molecule has 1 unspecified atom stereocenters. The van der Waals surface area contributed by atoms with Crippen molar-refractivity contribution in [2.75, 3.05) is 13.6 Å². The summed E-state index contributed by atoms with van der Waals surface area (Å²) in [5.41, 5.74) is -2.13. The van der Waals surface area contributed by atoms with E-state index in [1.807, 2.05) is 0 Å². The van der Waals surface area contributed by atoms with E-state index >= 15 is 0 Å². The molecule has 2 N–H and O–H groups in total. The van der Waals surface area contributed by atoms with Crippen LogP contribution in [0.15, 0.2) is 36.4 Å². The lowest BCUT2D eigenvalue weighted by molar-refractivity contribution is -0.143. The topological polar surface area (TPSA) is 72.9 Å². The summed E-state index contributed by atoms with van der Waals surface area (Å²) >= 11 is 0. The number of aliphatic hydroxyl groups excluding tert-OH is 1. The Bertz CT molecular complexity index is 1320. The first-order valence-electron chi connectivity index (χ1n) is 14.5. The lowest BCUT2D eigenvalue weighted by atomic mass is 9.85. The molecular formula is C31H36F7N3O3. The summed E-state index contributed by atoms with van der Waals surface area (Å²) in [4.78, 5) is 29.4. The minimum Gasteiger partial charge on any atom is -0.393 e. The number of halogens is 7. The molecule has 1 heterocycles. The first kappa shape index (κ1) is 33.5. The van der Waals surface area contributed by atoms with E-state index < -0.39 is 53.5 Å². The number of nitrogens with one attached hydrogen (secondary N) is 1. The van der Waals surface area contributed by atoms with Gasteiger partial charge in [0.15, 0.2) is 0 Å². The molecule has 2 aromatic rings. The molecule has 0 bridgehead atoms. The molecule has 4 rings (SSSR count). The van der Waals surface area contributed by atoms with Gasteiger partial charge in [-0.2, -0.15) is 26.3 Å². The van der Waals surface area contributed by atoms with E-state index in [9.17, 15) is 45.4 Å². The summed E-state index contributed by atoms with van der Waals surface area (Å²) in [6.45, 7) is 3.14. The average Bonchev–Trinajstić information content (AvgIpc) is 2.95. The van der Waals surface area contributed by atoms with Crippen LogP contribution in [0.4, 0.5) is 35.5 Å². The van der Waals surface area contributed by atoms with Gasteiger partial charge in [0.2, 0.25) is 5.91 Å². The second kappa shape index (κ2) is 12.9. The van der Waals surface area contributed by atoms with Crippen LogP contribution in [0.2, 0.25) is 0 Å². The van der Waals surface area contributed by atoms with Gasteiger partial charge in [-0.3, -0.25) is 4.79 Å². The summed E-state index contributed by atoms with van der Waals surface area (Å²) in [5.74, 6) is -0.878. The van der Waals surface area contributed by atoms with Gasteiger partial charge in [0.1, 0.15) is 5.82 Å². The number of hydrogen-bond acceptors (Lipinski definition) is 3. The van der Waals surface area contributed by atoms with Gasteiger partial charge >= 0.3 is 18.4 Å². The van der Waals surface area contributed by atoms with Crippen molar-refractivity contribution in [2.24, 2.45) is 5.92 Å². The van der Waals surface area contributed by atoms with Gasteiger partial charge in [-0.1, -0.05) is 6.07 Å². The second-order valence-corrected chi connectivity index (χ2v) is 11.9. The summed E-state index contributed by atoms with van der Waals surface area (Å²) in [5, 5.41) is 12.8. The normalized spacial score (nSPS) is 23.7. The second-order valence-electron chi connectivity index (χ2n) is 11.9. The van der Waals surface area contributed by atoms with Gasteiger partial charge in [0.05, 0.1) is 29.3 Å². The third-order valence-electron chi connectivity index (χ3n) is 8.83. The highest BCUT2D eigenvalue weighted by atomic mass is 19.4. The van der Waals surface area contributed by atoms with Crippen LogP contribution in [-0.4, -0.2) is 52.6 Å². The Labute approximate surface area is 251 Å². The van der Waals surface area contributed by atoms with E-state index in [0.29, 0.717) is 55.4 Å². The maximum absolute atomic E-state index is 14.0. The SMILES string of the molecule is Cc1cc(F)ccc1[C@H]1C[C@@H](NC(=O)C2CCC(O)CC2)CCN1C(=O)N(C)C(C)c1cc(C(F)(F)F)cc(C(F)(F)F)c1. The van der Waals surface area contributed by atoms with E-state index in [0.717, 1.165) is 4.90 Å². The molecule has 3 amide bonds. The van der Waals surface area contributed by atoms with E-state index in [4.69, 9.17) is 0 Å². The van der Waals surface area contributed by atoms with Crippen molar-refractivity contribution in [1.82, 2.24) is 15.1 Å². The Morgan fingerprint density at radius 1 is 0.955 bits per heavy atom. The number of benzene rings is 2. The number of alkyl halides is 6. The van der Waals surface area contributed by atoms with Crippen molar-refractivity contribution in [3.05, 3.63) is 70.0 Å². The molecule has 1 saturated carbocycles. The predicted octanol–water partition coefficient (Wildman–Crippen LogP) is 7.16. The van der Waals surface area contributed by atoms with Gasteiger partial charge in [0, 0.05) is 25.6 Å². The van der Waals surface area contributed by atoms with Crippen LogP contribution in [0.1, 0.15) is 85.3 Å². The molecule has 242 valence electrons. The number of aliphatic hydroxyl groups is 1. The zero-order chi connectivity index (χ0) is 32.6.